The Hall–Kier alpha value is -2.62. The maximum absolute atomic E-state index is 13.0. The topological polar surface area (TPSA) is 52.6 Å². The molecular weight excluding hydrogens is 340 g/mol. The summed E-state index contributed by atoms with van der Waals surface area (Å²) in [5.41, 5.74) is 2.60. The second-order valence-electron chi connectivity index (χ2n) is 7.21. The molecule has 0 aromatic heterocycles. The predicted molar refractivity (Wildman–Crippen MR) is 104 cm³/mol. The molecule has 0 heterocycles. The van der Waals surface area contributed by atoms with E-state index in [2.05, 4.69) is 0 Å². The maximum atomic E-state index is 13.0. The first-order valence-corrected chi connectivity index (χ1v) is 9.49. The van der Waals surface area contributed by atoms with E-state index in [1.807, 2.05) is 50.2 Å². The molecule has 0 saturated heterocycles. The van der Waals surface area contributed by atoms with Gasteiger partial charge < -0.3 is 9.47 Å². The molecular formula is C23H26O4. The Labute approximate surface area is 160 Å². The number of esters is 2. The summed E-state index contributed by atoms with van der Waals surface area (Å²) in [4.78, 5) is 25.7. The van der Waals surface area contributed by atoms with Crippen LogP contribution in [0.25, 0.3) is 0 Å². The van der Waals surface area contributed by atoms with Gasteiger partial charge in [-0.15, -0.1) is 0 Å². The summed E-state index contributed by atoms with van der Waals surface area (Å²) < 4.78 is 11.3. The third-order valence-corrected chi connectivity index (χ3v) is 5.33. The van der Waals surface area contributed by atoms with Crippen LogP contribution in [0.1, 0.15) is 53.2 Å². The summed E-state index contributed by atoms with van der Waals surface area (Å²) in [6.07, 6.45) is 1.52. The van der Waals surface area contributed by atoms with Crippen molar-refractivity contribution in [3.05, 3.63) is 70.8 Å². The monoisotopic (exact) mass is 366 g/mol. The second kappa shape index (κ2) is 7.95. The van der Waals surface area contributed by atoms with Gasteiger partial charge in [0.15, 0.2) is 0 Å². The van der Waals surface area contributed by atoms with Gasteiger partial charge in [-0.1, -0.05) is 47.5 Å². The Morgan fingerprint density at radius 1 is 1.00 bits per heavy atom. The number of carbonyl (C=O) groups excluding carboxylic acids is 2. The van der Waals surface area contributed by atoms with Gasteiger partial charge in [0, 0.05) is 0 Å². The van der Waals surface area contributed by atoms with Crippen LogP contribution in [0.4, 0.5) is 0 Å². The van der Waals surface area contributed by atoms with Crippen LogP contribution in [0.2, 0.25) is 0 Å². The van der Waals surface area contributed by atoms with E-state index >= 15 is 0 Å². The minimum absolute atomic E-state index is 0.297. The first-order valence-electron chi connectivity index (χ1n) is 9.49. The molecule has 1 aliphatic rings. The first-order chi connectivity index (χ1) is 13.0. The van der Waals surface area contributed by atoms with Crippen molar-refractivity contribution in [3.8, 4) is 0 Å². The van der Waals surface area contributed by atoms with E-state index in [1.165, 1.54) is 0 Å². The van der Waals surface area contributed by atoms with Crippen molar-refractivity contribution < 1.29 is 19.1 Å². The fourth-order valence-corrected chi connectivity index (χ4v) is 3.81. The number of hydrogen-bond acceptors (Lipinski definition) is 4. The molecule has 0 amide bonds. The van der Waals surface area contributed by atoms with Crippen molar-refractivity contribution in [2.45, 2.75) is 51.6 Å². The van der Waals surface area contributed by atoms with Gasteiger partial charge in [0.05, 0.1) is 12.2 Å². The minimum atomic E-state index is -0.940. The molecule has 0 bridgehead atoms. The van der Waals surface area contributed by atoms with E-state index in [0.29, 0.717) is 25.0 Å². The van der Waals surface area contributed by atoms with Crippen LogP contribution < -0.4 is 0 Å². The van der Waals surface area contributed by atoms with Gasteiger partial charge in [-0.25, -0.2) is 4.79 Å². The van der Waals surface area contributed by atoms with Crippen molar-refractivity contribution in [1.82, 2.24) is 0 Å². The third kappa shape index (κ3) is 3.75. The lowest BCUT2D eigenvalue weighted by Crippen LogP contribution is -2.46. The maximum Gasteiger partial charge on any atom is 0.338 e. The van der Waals surface area contributed by atoms with Crippen molar-refractivity contribution in [2.75, 3.05) is 6.61 Å². The molecule has 3 rings (SSSR count). The number of rotatable bonds is 5. The number of benzene rings is 2. The van der Waals surface area contributed by atoms with Crippen LogP contribution in [-0.2, 0) is 19.7 Å². The Morgan fingerprint density at radius 3 is 2.19 bits per heavy atom. The molecule has 1 saturated carbocycles. The lowest BCUT2D eigenvalue weighted by molar-refractivity contribution is -0.154. The molecule has 1 fully saturated rings. The van der Waals surface area contributed by atoms with Crippen LogP contribution in [0.5, 0.6) is 0 Å². The number of carbonyl (C=O) groups is 2. The molecule has 4 heteroatoms. The standard InChI is InChI=1S/C23H26O4/c1-4-26-22(25)23(19-13-9-17(3)10-14-19)15-5-6-20(23)27-21(24)18-11-7-16(2)8-12-18/h7-14,20H,4-6,15H2,1-3H3. The SMILES string of the molecule is CCOC(=O)C1(c2ccc(C)cc2)CCCC1OC(=O)c1ccc(C)cc1. The Balaban J connectivity index is 1.94. The largest absolute Gasteiger partial charge is 0.465 e. The van der Waals surface area contributed by atoms with Crippen LogP contribution >= 0.6 is 0 Å². The zero-order valence-corrected chi connectivity index (χ0v) is 16.2. The van der Waals surface area contributed by atoms with Crippen LogP contribution in [0.15, 0.2) is 48.5 Å². The fraction of sp³-hybridized carbons (Fsp3) is 0.391. The van der Waals surface area contributed by atoms with Crippen LogP contribution in [0.3, 0.4) is 0 Å². The van der Waals surface area contributed by atoms with Gasteiger partial charge in [-0.05, 0) is 57.7 Å². The minimum Gasteiger partial charge on any atom is -0.465 e. The summed E-state index contributed by atoms with van der Waals surface area (Å²) in [6.45, 7) is 6.06. The highest BCUT2D eigenvalue weighted by atomic mass is 16.6. The number of hydrogen-bond donors (Lipinski definition) is 0. The first kappa shape index (κ1) is 19.2. The van der Waals surface area contributed by atoms with E-state index in [1.54, 1.807) is 19.1 Å². The van der Waals surface area contributed by atoms with Gasteiger partial charge in [0.25, 0.3) is 0 Å². The summed E-state index contributed by atoms with van der Waals surface area (Å²) >= 11 is 0. The highest BCUT2D eigenvalue weighted by Crippen LogP contribution is 2.44. The average molecular weight is 366 g/mol. The molecule has 1 aliphatic carbocycles. The smallest absolute Gasteiger partial charge is 0.338 e. The molecule has 2 aromatic rings. The molecule has 0 radical (unpaired) electrons. The second-order valence-corrected chi connectivity index (χ2v) is 7.21. The van der Waals surface area contributed by atoms with Crippen molar-refractivity contribution >= 4 is 11.9 Å². The van der Waals surface area contributed by atoms with Gasteiger partial charge in [0.2, 0.25) is 0 Å². The molecule has 4 nitrogen and oxygen atoms in total. The van der Waals surface area contributed by atoms with E-state index < -0.39 is 17.5 Å². The van der Waals surface area contributed by atoms with E-state index in [0.717, 1.165) is 23.1 Å². The molecule has 0 aliphatic heterocycles. The molecule has 2 aromatic carbocycles. The Kier molecular flexibility index (Phi) is 5.64. The molecule has 142 valence electrons. The van der Waals surface area contributed by atoms with Gasteiger partial charge in [0.1, 0.15) is 11.5 Å². The molecule has 2 atom stereocenters. The van der Waals surface area contributed by atoms with Gasteiger partial charge in [-0.3, -0.25) is 4.79 Å². The van der Waals surface area contributed by atoms with Crippen LogP contribution in [0, 0.1) is 13.8 Å². The third-order valence-electron chi connectivity index (χ3n) is 5.33. The average Bonchev–Trinajstić information content (AvgIpc) is 3.07. The number of ether oxygens (including phenoxy) is 2. The quantitative estimate of drug-likeness (QED) is 0.731. The normalized spacial score (nSPS) is 21.7. The number of aryl methyl sites for hydroxylation is 2. The summed E-state index contributed by atoms with van der Waals surface area (Å²) in [7, 11) is 0. The van der Waals surface area contributed by atoms with Crippen molar-refractivity contribution in [3.63, 3.8) is 0 Å². The van der Waals surface area contributed by atoms with Gasteiger partial charge in [-0.2, -0.15) is 0 Å². The fourth-order valence-electron chi connectivity index (χ4n) is 3.81. The van der Waals surface area contributed by atoms with Crippen molar-refractivity contribution in [2.24, 2.45) is 0 Å². The van der Waals surface area contributed by atoms with E-state index in [4.69, 9.17) is 9.47 Å². The summed E-state index contributed by atoms with van der Waals surface area (Å²) in [5, 5.41) is 0. The zero-order valence-electron chi connectivity index (χ0n) is 16.2. The lowest BCUT2D eigenvalue weighted by atomic mass is 9.76. The predicted octanol–water partition coefficient (Wildman–Crippen LogP) is 4.51. The molecule has 27 heavy (non-hydrogen) atoms. The molecule has 0 N–H and O–H groups in total. The highest BCUT2D eigenvalue weighted by Gasteiger charge is 2.53. The lowest BCUT2D eigenvalue weighted by Gasteiger charge is -2.33. The van der Waals surface area contributed by atoms with E-state index in [9.17, 15) is 9.59 Å². The molecule has 0 spiro atoms. The zero-order chi connectivity index (χ0) is 19.4. The summed E-state index contributed by atoms with van der Waals surface area (Å²) in [5.74, 6) is -0.712. The van der Waals surface area contributed by atoms with Crippen LogP contribution in [-0.4, -0.2) is 24.6 Å². The summed E-state index contributed by atoms with van der Waals surface area (Å²) in [6, 6.07) is 15.1. The van der Waals surface area contributed by atoms with Gasteiger partial charge >= 0.3 is 11.9 Å². The Morgan fingerprint density at radius 2 is 1.59 bits per heavy atom. The van der Waals surface area contributed by atoms with Crippen molar-refractivity contribution in [1.29, 1.82) is 0 Å². The Bertz CT molecular complexity index is 807. The molecule has 2 unspecified atom stereocenters. The van der Waals surface area contributed by atoms with E-state index in [-0.39, 0.29) is 5.97 Å². The highest BCUT2D eigenvalue weighted by molar-refractivity contribution is 5.91.